The Morgan fingerprint density at radius 2 is 1.92 bits per heavy atom. The van der Waals surface area contributed by atoms with Crippen molar-refractivity contribution >= 4 is 11.9 Å². The molecular formula is C17H22N4O4. The Hall–Kier alpha value is -2.74. The Kier molecular flexibility index (Phi) is 6.64. The van der Waals surface area contributed by atoms with Crippen LogP contribution in [0.15, 0.2) is 30.3 Å². The van der Waals surface area contributed by atoms with Crippen LogP contribution in [0, 0.1) is 0 Å². The summed E-state index contributed by atoms with van der Waals surface area (Å²) in [5, 5.41) is 7.78. The molecule has 2 aromatic rings. The second-order valence-corrected chi connectivity index (χ2v) is 5.51. The Labute approximate surface area is 146 Å². The van der Waals surface area contributed by atoms with Crippen LogP contribution in [-0.2, 0) is 33.8 Å². The van der Waals surface area contributed by atoms with Crippen molar-refractivity contribution < 1.29 is 19.1 Å². The highest BCUT2D eigenvalue weighted by atomic mass is 16.5. The maximum atomic E-state index is 12.5. The van der Waals surface area contributed by atoms with Crippen LogP contribution >= 0.6 is 0 Å². The number of likely N-dealkylation sites (N-methyl/N-ethyl adjacent to an activating group) is 1. The number of ether oxygens (including phenoxy) is 2. The lowest BCUT2D eigenvalue weighted by Gasteiger charge is -2.18. The normalized spacial score (nSPS) is 10.5. The van der Waals surface area contributed by atoms with Gasteiger partial charge >= 0.3 is 5.97 Å². The van der Waals surface area contributed by atoms with E-state index in [0.717, 1.165) is 5.56 Å². The first kappa shape index (κ1) is 18.6. The Morgan fingerprint density at radius 1 is 1.20 bits per heavy atom. The SMILES string of the molecule is COCCc1c(C(=O)OC)nnn1CC(=O)N(C)Cc1ccccc1. The predicted molar refractivity (Wildman–Crippen MR) is 89.9 cm³/mol. The Morgan fingerprint density at radius 3 is 2.56 bits per heavy atom. The molecule has 1 amide bonds. The van der Waals surface area contributed by atoms with Crippen LogP contribution in [0.1, 0.15) is 21.7 Å². The highest BCUT2D eigenvalue weighted by molar-refractivity contribution is 5.88. The molecule has 0 saturated carbocycles. The average molecular weight is 346 g/mol. The minimum Gasteiger partial charge on any atom is -0.464 e. The van der Waals surface area contributed by atoms with E-state index < -0.39 is 5.97 Å². The molecule has 0 aliphatic heterocycles. The van der Waals surface area contributed by atoms with Gasteiger partial charge in [-0.15, -0.1) is 5.10 Å². The molecule has 0 fully saturated rings. The number of carbonyl (C=O) groups is 2. The van der Waals surface area contributed by atoms with Crippen LogP contribution in [0.3, 0.4) is 0 Å². The molecule has 2 rings (SSSR count). The van der Waals surface area contributed by atoms with Crippen LogP contribution in [0.2, 0.25) is 0 Å². The van der Waals surface area contributed by atoms with E-state index >= 15 is 0 Å². The van der Waals surface area contributed by atoms with Gasteiger partial charge < -0.3 is 14.4 Å². The Balaban J connectivity index is 2.11. The smallest absolute Gasteiger partial charge is 0.360 e. The summed E-state index contributed by atoms with van der Waals surface area (Å²) in [6, 6.07) is 9.70. The molecule has 8 heteroatoms. The molecule has 1 heterocycles. The molecule has 0 aliphatic carbocycles. The van der Waals surface area contributed by atoms with Crippen molar-refractivity contribution in [3.8, 4) is 0 Å². The fraction of sp³-hybridized carbons (Fsp3) is 0.412. The number of rotatable bonds is 8. The minimum absolute atomic E-state index is 0.00756. The van der Waals surface area contributed by atoms with Crippen LogP contribution in [-0.4, -0.2) is 59.6 Å². The number of nitrogens with zero attached hydrogens (tertiary/aromatic N) is 4. The molecule has 0 radical (unpaired) electrons. The van der Waals surface area contributed by atoms with Gasteiger partial charge in [-0.25, -0.2) is 9.48 Å². The van der Waals surface area contributed by atoms with Crippen molar-refractivity contribution in [3.05, 3.63) is 47.3 Å². The Bertz CT molecular complexity index is 715. The summed E-state index contributed by atoms with van der Waals surface area (Å²) in [4.78, 5) is 25.9. The van der Waals surface area contributed by atoms with Gasteiger partial charge in [-0.1, -0.05) is 35.5 Å². The van der Waals surface area contributed by atoms with E-state index in [1.807, 2.05) is 30.3 Å². The second kappa shape index (κ2) is 8.93. The molecule has 0 bridgehead atoms. The summed E-state index contributed by atoms with van der Waals surface area (Å²) < 4.78 is 11.2. The van der Waals surface area contributed by atoms with Crippen molar-refractivity contribution in [3.63, 3.8) is 0 Å². The summed E-state index contributed by atoms with van der Waals surface area (Å²) in [6.45, 7) is 0.865. The molecule has 25 heavy (non-hydrogen) atoms. The van der Waals surface area contributed by atoms with Crippen LogP contribution in [0.4, 0.5) is 0 Å². The fourth-order valence-electron chi connectivity index (χ4n) is 2.36. The minimum atomic E-state index is -0.581. The summed E-state index contributed by atoms with van der Waals surface area (Å²) in [6.07, 6.45) is 0.406. The van der Waals surface area contributed by atoms with Gasteiger partial charge in [0.15, 0.2) is 5.69 Å². The third-order valence-corrected chi connectivity index (χ3v) is 3.73. The molecule has 0 aliphatic rings. The monoisotopic (exact) mass is 346 g/mol. The third-order valence-electron chi connectivity index (χ3n) is 3.73. The average Bonchev–Trinajstić information content (AvgIpc) is 3.02. The first-order chi connectivity index (χ1) is 12.1. The van der Waals surface area contributed by atoms with Crippen molar-refractivity contribution in [2.75, 3.05) is 27.9 Å². The zero-order chi connectivity index (χ0) is 18.2. The lowest BCUT2D eigenvalue weighted by Crippen LogP contribution is -2.31. The zero-order valence-corrected chi connectivity index (χ0v) is 14.6. The van der Waals surface area contributed by atoms with Gasteiger partial charge in [0.2, 0.25) is 5.91 Å². The molecule has 1 aromatic heterocycles. The van der Waals surface area contributed by atoms with Gasteiger partial charge in [-0.2, -0.15) is 0 Å². The van der Waals surface area contributed by atoms with Gasteiger partial charge in [-0.3, -0.25) is 4.79 Å². The summed E-state index contributed by atoms with van der Waals surface area (Å²) in [5.74, 6) is -0.716. The first-order valence-electron chi connectivity index (χ1n) is 7.84. The molecule has 0 saturated heterocycles. The molecular weight excluding hydrogens is 324 g/mol. The van der Waals surface area contributed by atoms with Gasteiger partial charge in [0, 0.05) is 27.1 Å². The van der Waals surface area contributed by atoms with E-state index in [0.29, 0.717) is 25.3 Å². The van der Waals surface area contributed by atoms with Gasteiger partial charge in [0.05, 0.1) is 19.4 Å². The fourth-order valence-corrected chi connectivity index (χ4v) is 2.36. The molecule has 1 aromatic carbocycles. The molecule has 0 atom stereocenters. The van der Waals surface area contributed by atoms with E-state index in [9.17, 15) is 9.59 Å². The van der Waals surface area contributed by atoms with E-state index in [1.165, 1.54) is 11.8 Å². The maximum Gasteiger partial charge on any atom is 0.360 e. The molecule has 0 spiro atoms. The van der Waals surface area contributed by atoms with E-state index in [4.69, 9.17) is 9.47 Å². The van der Waals surface area contributed by atoms with Crippen molar-refractivity contribution in [1.82, 2.24) is 19.9 Å². The molecule has 0 unspecified atom stereocenters. The standard InChI is InChI=1S/C17H22N4O4/c1-20(11-13-7-5-4-6-8-13)15(22)12-21-14(9-10-24-2)16(18-19-21)17(23)25-3/h4-8H,9-12H2,1-3H3. The van der Waals surface area contributed by atoms with Crippen LogP contribution in [0.5, 0.6) is 0 Å². The van der Waals surface area contributed by atoms with Crippen molar-refractivity contribution in [1.29, 1.82) is 0 Å². The second-order valence-electron chi connectivity index (χ2n) is 5.51. The largest absolute Gasteiger partial charge is 0.464 e. The maximum absolute atomic E-state index is 12.5. The lowest BCUT2D eigenvalue weighted by molar-refractivity contribution is -0.131. The predicted octanol–water partition coefficient (Wildman–Crippen LogP) is 0.912. The van der Waals surface area contributed by atoms with E-state index in [-0.39, 0.29) is 18.1 Å². The van der Waals surface area contributed by atoms with Crippen LogP contribution in [0.25, 0.3) is 0 Å². The number of esters is 1. The first-order valence-corrected chi connectivity index (χ1v) is 7.84. The number of carbonyl (C=O) groups excluding carboxylic acids is 2. The van der Waals surface area contributed by atoms with E-state index in [2.05, 4.69) is 10.3 Å². The summed E-state index contributed by atoms with van der Waals surface area (Å²) in [5.41, 5.74) is 1.67. The van der Waals surface area contributed by atoms with E-state index in [1.54, 1.807) is 19.1 Å². The highest BCUT2D eigenvalue weighted by Crippen LogP contribution is 2.10. The molecule has 0 N–H and O–H groups in total. The van der Waals surface area contributed by atoms with Gasteiger partial charge in [0.25, 0.3) is 0 Å². The number of amides is 1. The highest BCUT2D eigenvalue weighted by Gasteiger charge is 2.22. The number of methoxy groups -OCH3 is 2. The summed E-state index contributed by atoms with van der Waals surface area (Å²) in [7, 11) is 4.56. The van der Waals surface area contributed by atoms with Gasteiger partial charge in [-0.05, 0) is 5.56 Å². The van der Waals surface area contributed by atoms with Crippen LogP contribution < -0.4 is 0 Å². The van der Waals surface area contributed by atoms with Crippen molar-refractivity contribution in [2.24, 2.45) is 0 Å². The number of hydrogen-bond acceptors (Lipinski definition) is 6. The number of hydrogen-bond donors (Lipinski definition) is 0. The number of benzene rings is 1. The van der Waals surface area contributed by atoms with Crippen molar-refractivity contribution in [2.45, 2.75) is 19.5 Å². The topological polar surface area (TPSA) is 86.5 Å². The third kappa shape index (κ3) is 4.87. The summed E-state index contributed by atoms with van der Waals surface area (Å²) >= 11 is 0. The number of aromatic nitrogens is 3. The zero-order valence-electron chi connectivity index (χ0n) is 14.6. The molecule has 8 nitrogen and oxygen atoms in total. The van der Waals surface area contributed by atoms with Gasteiger partial charge in [0.1, 0.15) is 6.54 Å². The molecule has 134 valence electrons. The lowest BCUT2D eigenvalue weighted by atomic mass is 10.2. The quantitative estimate of drug-likeness (QED) is 0.661.